The molecule has 4 fully saturated rings. The molecule has 5 rings (SSSR count). The smallest absolute Gasteiger partial charge is 0.0794 e. The molecule has 0 radical (unpaired) electrons. The Kier molecular flexibility index (Phi) is 7.99. The Morgan fingerprint density at radius 2 is 1.76 bits per heavy atom. The van der Waals surface area contributed by atoms with Gasteiger partial charge in [-0.1, -0.05) is 58.4 Å². The Hall–Kier alpha value is 0.140. The highest BCUT2D eigenvalue weighted by atomic mass is 32.2. The molecule has 6 atom stereocenters. The Morgan fingerprint density at radius 1 is 1.07 bits per heavy atom. The zero-order valence-electron chi connectivity index (χ0n) is 19.5. The van der Waals surface area contributed by atoms with E-state index in [0.29, 0.717) is 10.00 Å². The average Bonchev–Trinajstić information content (AvgIpc) is 3.35. The monoisotopic (exact) mass is 436 g/mol. The van der Waals surface area contributed by atoms with Gasteiger partial charge in [-0.15, -0.1) is 23.5 Å². The van der Waals surface area contributed by atoms with Crippen molar-refractivity contribution in [1.29, 1.82) is 0 Å². The van der Waals surface area contributed by atoms with Gasteiger partial charge < -0.3 is 5.11 Å². The van der Waals surface area contributed by atoms with Crippen LogP contribution in [0.5, 0.6) is 0 Å². The summed E-state index contributed by atoms with van der Waals surface area (Å²) >= 11 is 4.40. The maximum atomic E-state index is 10.8. The highest BCUT2D eigenvalue weighted by molar-refractivity contribution is 8.21. The quantitative estimate of drug-likeness (QED) is 0.425. The zero-order chi connectivity index (χ0) is 21.2. The van der Waals surface area contributed by atoms with Crippen molar-refractivity contribution >= 4 is 23.5 Å². The Labute approximate surface area is 189 Å². The molecular weight excluding hydrogens is 392 g/mol. The second kappa shape index (κ2) is 9.74. The second-order valence-corrected chi connectivity index (χ2v) is 12.3. The van der Waals surface area contributed by atoms with Gasteiger partial charge in [0.1, 0.15) is 0 Å². The maximum Gasteiger partial charge on any atom is 0.0794 e. The summed E-state index contributed by atoms with van der Waals surface area (Å²) in [6.45, 7) is 14.9. The molecule has 1 spiro atoms. The minimum Gasteiger partial charge on any atom is -0.393 e. The maximum absolute atomic E-state index is 10.8. The van der Waals surface area contributed by atoms with Gasteiger partial charge >= 0.3 is 0 Å². The predicted molar refractivity (Wildman–Crippen MR) is 133 cm³/mol. The van der Waals surface area contributed by atoms with Crippen LogP contribution in [0, 0.1) is 29.1 Å². The molecular formula is C26H44OS2. The fourth-order valence-corrected chi connectivity index (χ4v) is 10.6. The van der Waals surface area contributed by atoms with Crippen molar-refractivity contribution in [2.75, 3.05) is 11.5 Å². The number of rotatable bonds is 1. The van der Waals surface area contributed by atoms with Crippen molar-refractivity contribution in [3.63, 3.8) is 0 Å². The summed E-state index contributed by atoms with van der Waals surface area (Å²) in [5.74, 6) is 5.68. The van der Waals surface area contributed by atoms with Crippen LogP contribution in [0.25, 0.3) is 0 Å². The molecule has 29 heavy (non-hydrogen) atoms. The van der Waals surface area contributed by atoms with E-state index in [-0.39, 0.29) is 11.5 Å². The highest BCUT2D eigenvalue weighted by Crippen LogP contribution is 2.65. The van der Waals surface area contributed by atoms with Crippen LogP contribution in [0.15, 0.2) is 23.8 Å². The van der Waals surface area contributed by atoms with Crippen LogP contribution in [-0.4, -0.2) is 26.8 Å². The normalized spacial score (nSPS) is 41.8. The van der Waals surface area contributed by atoms with E-state index >= 15 is 0 Å². The molecule has 1 N–H and O–H groups in total. The van der Waals surface area contributed by atoms with Crippen LogP contribution in [0.4, 0.5) is 0 Å². The molecule has 1 aliphatic heterocycles. The number of fused-ring (bicyclic) bond motifs is 5. The Balaban J connectivity index is 0.000000568. The standard InChI is InChI=1S/C22H32OS2.2C2H6/c1-3-21-12-14(2)20-16-8-9-22(24-10-11-25-22)13-15(16)4-5-17(20)18(21)6-7-19(21)23;2*1-2/h13,16-20,23H,2-12H2,1H3;2*1-2H3. The molecule has 3 saturated carbocycles. The molecule has 1 nitrogen and oxygen atoms in total. The van der Waals surface area contributed by atoms with E-state index in [1.54, 1.807) is 5.57 Å². The summed E-state index contributed by atoms with van der Waals surface area (Å²) < 4.78 is 0.422. The predicted octanol–water partition coefficient (Wildman–Crippen LogP) is 7.70. The molecule has 5 aliphatic rings. The van der Waals surface area contributed by atoms with Gasteiger partial charge in [0.05, 0.1) is 10.2 Å². The van der Waals surface area contributed by atoms with Gasteiger partial charge in [-0.05, 0) is 75.0 Å². The summed E-state index contributed by atoms with van der Waals surface area (Å²) in [4.78, 5) is 0. The molecule has 0 aromatic heterocycles. The summed E-state index contributed by atoms with van der Waals surface area (Å²) in [7, 11) is 0. The summed E-state index contributed by atoms with van der Waals surface area (Å²) in [5, 5.41) is 10.8. The number of aliphatic hydroxyl groups is 1. The summed E-state index contributed by atoms with van der Waals surface area (Å²) in [6.07, 6.45) is 12.5. The lowest BCUT2D eigenvalue weighted by atomic mass is 9.50. The third-order valence-electron chi connectivity index (χ3n) is 8.48. The van der Waals surface area contributed by atoms with Crippen LogP contribution in [0.2, 0.25) is 0 Å². The van der Waals surface area contributed by atoms with Crippen molar-refractivity contribution in [3.05, 3.63) is 23.8 Å². The Bertz CT molecular complexity index is 606. The van der Waals surface area contributed by atoms with Crippen LogP contribution in [0.3, 0.4) is 0 Å². The molecule has 4 aliphatic carbocycles. The van der Waals surface area contributed by atoms with Crippen molar-refractivity contribution in [1.82, 2.24) is 0 Å². The summed E-state index contributed by atoms with van der Waals surface area (Å²) in [6, 6.07) is 0. The topological polar surface area (TPSA) is 20.2 Å². The number of thioether (sulfide) groups is 2. The Morgan fingerprint density at radius 3 is 2.41 bits per heavy atom. The SMILES string of the molecule is C=C1CC2(CC)C(O)CCC2C2CCC3=CC4(CCC3C12)SCCS4.CC.CC. The molecule has 3 heteroatoms. The minimum atomic E-state index is -0.0851. The van der Waals surface area contributed by atoms with E-state index in [4.69, 9.17) is 0 Å². The first-order chi connectivity index (χ1) is 14.1. The van der Waals surface area contributed by atoms with Crippen LogP contribution >= 0.6 is 23.5 Å². The van der Waals surface area contributed by atoms with E-state index in [1.165, 1.54) is 49.2 Å². The van der Waals surface area contributed by atoms with Gasteiger partial charge in [-0.2, -0.15) is 0 Å². The van der Waals surface area contributed by atoms with Gasteiger partial charge in [0.2, 0.25) is 0 Å². The molecule has 0 aromatic carbocycles. The lowest BCUT2D eigenvalue weighted by Gasteiger charge is -2.56. The molecule has 166 valence electrons. The first kappa shape index (κ1) is 23.8. The molecule has 0 aromatic rings. The number of hydrogen-bond donors (Lipinski definition) is 1. The van der Waals surface area contributed by atoms with Gasteiger partial charge in [0, 0.05) is 16.9 Å². The fourth-order valence-electron chi connectivity index (χ4n) is 7.43. The van der Waals surface area contributed by atoms with Gasteiger partial charge in [-0.3, -0.25) is 0 Å². The average molecular weight is 437 g/mol. The molecule has 6 unspecified atom stereocenters. The fraction of sp³-hybridized carbons (Fsp3) is 0.846. The number of allylic oxidation sites excluding steroid dienone is 2. The first-order valence-electron chi connectivity index (χ1n) is 12.4. The lowest BCUT2D eigenvalue weighted by molar-refractivity contribution is -0.0414. The van der Waals surface area contributed by atoms with E-state index in [9.17, 15) is 5.11 Å². The molecule has 1 heterocycles. The van der Waals surface area contributed by atoms with Gasteiger partial charge in [0.15, 0.2) is 0 Å². The van der Waals surface area contributed by atoms with E-state index in [0.717, 1.165) is 37.0 Å². The zero-order valence-corrected chi connectivity index (χ0v) is 21.1. The minimum absolute atomic E-state index is 0.0851. The number of hydrogen-bond acceptors (Lipinski definition) is 3. The largest absolute Gasteiger partial charge is 0.393 e. The highest BCUT2D eigenvalue weighted by Gasteiger charge is 2.59. The molecule has 0 bridgehead atoms. The van der Waals surface area contributed by atoms with Crippen LogP contribution < -0.4 is 0 Å². The van der Waals surface area contributed by atoms with Crippen LogP contribution in [0.1, 0.15) is 86.0 Å². The third kappa shape index (κ3) is 3.91. The van der Waals surface area contributed by atoms with Crippen molar-refractivity contribution in [3.8, 4) is 0 Å². The summed E-state index contributed by atoms with van der Waals surface area (Å²) in [5.41, 5.74) is 3.42. The van der Waals surface area contributed by atoms with Crippen molar-refractivity contribution in [2.24, 2.45) is 29.1 Å². The van der Waals surface area contributed by atoms with Crippen LogP contribution in [-0.2, 0) is 0 Å². The first-order valence-corrected chi connectivity index (χ1v) is 14.4. The van der Waals surface area contributed by atoms with Gasteiger partial charge in [-0.25, -0.2) is 0 Å². The lowest BCUT2D eigenvalue weighted by Crippen LogP contribution is -2.50. The van der Waals surface area contributed by atoms with Crippen molar-refractivity contribution in [2.45, 2.75) is 96.2 Å². The van der Waals surface area contributed by atoms with E-state index in [1.807, 2.05) is 27.7 Å². The van der Waals surface area contributed by atoms with Gasteiger partial charge in [0.25, 0.3) is 0 Å². The number of aliphatic hydroxyl groups excluding tert-OH is 1. The van der Waals surface area contributed by atoms with E-state index < -0.39 is 0 Å². The molecule has 0 amide bonds. The van der Waals surface area contributed by atoms with Crippen molar-refractivity contribution < 1.29 is 5.11 Å². The van der Waals surface area contributed by atoms with E-state index in [2.05, 4.69) is 43.1 Å². The molecule has 1 saturated heterocycles. The third-order valence-corrected chi connectivity index (χ3v) is 11.9. The second-order valence-electron chi connectivity index (χ2n) is 9.22.